The lowest BCUT2D eigenvalue weighted by Gasteiger charge is -2.20. The second kappa shape index (κ2) is 5.49. The number of aliphatic hydroxyl groups is 2. The van der Waals surface area contributed by atoms with Gasteiger partial charge < -0.3 is 15.1 Å². The van der Waals surface area contributed by atoms with E-state index in [9.17, 15) is 5.11 Å². The first-order valence-corrected chi connectivity index (χ1v) is 5.65. The van der Waals surface area contributed by atoms with Crippen LogP contribution in [0.15, 0.2) is 22.7 Å². The van der Waals surface area contributed by atoms with Gasteiger partial charge in [0.05, 0.1) is 18.4 Å². The van der Waals surface area contributed by atoms with Gasteiger partial charge in [-0.2, -0.15) is 0 Å². The van der Waals surface area contributed by atoms with E-state index in [2.05, 4.69) is 15.9 Å². The molecule has 0 amide bonds. The minimum atomic E-state index is -0.460. The Hall–Kier alpha value is -0.580. The average Bonchev–Trinajstić information content (AvgIpc) is 2.17. The Morgan fingerprint density at radius 1 is 1.47 bits per heavy atom. The molecule has 3 nitrogen and oxygen atoms in total. The van der Waals surface area contributed by atoms with Crippen LogP contribution in [0, 0.1) is 0 Å². The van der Waals surface area contributed by atoms with Crippen molar-refractivity contribution in [2.24, 2.45) is 0 Å². The number of halogens is 1. The molecule has 0 aromatic heterocycles. The van der Waals surface area contributed by atoms with E-state index in [1.54, 1.807) is 6.92 Å². The number of likely N-dealkylation sites (N-methyl/N-ethyl adjacent to an activating group) is 1. The molecule has 0 aliphatic heterocycles. The summed E-state index contributed by atoms with van der Waals surface area (Å²) in [5.74, 6) is 0. The Morgan fingerprint density at radius 3 is 2.60 bits per heavy atom. The quantitative estimate of drug-likeness (QED) is 0.881. The number of anilines is 1. The monoisotopic (exact) mass is 273 g/mol. The smallest absolute Gasteiger partial charge is 0.0762 e. The number of rotatable bonds is 4. The molecular weight excluding hydrogens is 258 g/mol. The van der Waals surface area contributed by atoms with Crippen LogP contribution >= 0.6 is 15.9 Å². The van der Waals surface area contributed by atoms with E-state index in [0.29, 0.717) is 6.54 Å². The van der Waals surface area contributed by atoms with Crippen LogP contribution in [0.2, 0.25) is 0 Å². The summed E-state index contributed by atoms with van der Waals surface area (Å²) in [6.45, 7) is 2.45. The van der Waals surface area contributed by atoms with E-state index < -0.39 is 6.10 Å². The number of hydrogen-bond donors (Lipinski definition) is 2. The number of aliphatic hydroxyl groups excluding tert-OH is 2. The molecule has 0 aliphatic rings. The Kier molecular flexibility index (Phi) is 4.57. The molecule has 0 aliphatic carbocycles. The second-order valence-electron chi connectivity index (χ2n) is 3.53. The zero-order chi connectivity index (χ0) is 11.4. The first-order valence-electron chi connectivity index (χ1n) is 4.85. The Morgan fingerprint density at radius 2 is 2.13 bits per heavy atom. The minimum Gasteiger partial charge on any atom is -0.395 e. The Bertz CT molecular complexity index is 328. The lowest BCUT2D eigenvalue weighted by molar-refractivity contribution is 0.199. The maximum Gasteiger partial charge on any atom is 0.0762 e. The van der Waals surface area contributed by atoms with Gasteiger partial charge in [0.15, 0.2) is 0 Å². The fourth-order valence-corrected chi connectivity index (χ4v) is 2.06. The van der Waals surface area contributed by atoms with E-state index >= 15 is 0 Å². The van der Waals surface area contributed by atoms with Crippen molar-refractivity contribution in [2.75, 3.05) is 25.1 Å². The van der Waals surface area contributed by atoms with Gasteiger partial charge in [-0.3, -0.25) is 0 Å². The Labute approximate surface area is 98.5 Å². The van der Waals surface area contributed by atoms with Gasteiger partial charge in [-0.1, -0.05) is 6.07 Å². The fraction of sp³-hybridized carbons (Fsp3) is 0.455. The van der Waals surface area contributed by atoms with E-state index in [4.69, 9.17) is 5.11 Å². The third kappa shape index (κ3) is 3.19. The van der Waals surface area contributed by atoms with Crippen LogP contribution in [-0.2, 0) is 0 Å². The first-order chi connectivity index (χ1) is 7.06. The molecule has 4 heteroatoms. The molecule has 0 heterocycles. The molecule has 2 N–H and O–H groups in total. The van der Waals surface area contributed by atoms with Crippen LogP contribution in [0.5, 0.6) is 0 Å². The van der Waals surface area contributed by atoms with Gasteiger partial charge in [0.1, 0.15) is 0 Å². The summed E-state index contributed by atoms with van der Waals surface area (Å²) < 4.78 is 0.928. The van der Waals surface area contributed by atoms with Crippen molar-refractivity contribution in [3.05, 3.63) is 28.2 Å². The zero-order valence-electron chi connectivity index (χ0n) is 8.94. The van der Waals surface area contributed by atoms with Gasteiger partial charge in [0.25, 0.3) is 0 Å². The molecule has 1 rings (SSSR count). The van der Waals surface area contributed by atoms with Gasteiger partial charge in [-0.15, -0.1) is 0 Å². The topological polar surface area (TPSA) is 43.7 Å². The highest BCUT2D eigenvalue weighted by Gasteiger charge is 2.08. The van der Waals surface area contributed by atoms with Crippen LogP contribution in [-0.4, -0.2) is 30.4 Å². The summed E-state index contributed by atoms with van der Waals surface area (Å²) in [7, 11) is 1.92. The van der Waals surface area contributed by atoms with Crippen molar-refractivity contribution < 1.29 is 10.2 Å². The average molecular weight is 274 g/mol. The normalized spacial score (nSPS) is 12.6. The van der Waals surface area contributed by atoms with Crippen molar-refractivity contribution in [3.63, 3.8) is 0 Å². The zero-order valence-corrected chi connectivity index (χ0v) is 10.5. The largest absolute Gasteiger partial charge is 0.395 e. The predicted molar refractivity (Wildman–Crippen MR) is 65.1 cm³/mol. The SMILES string of the molecule is CC(O)c1ccc(N(C)CCO)c(Br)c1. The maximum absolute atomic E-state index is 9.41. The van der Waals surface area contributed by atoms with Crippen LogP contribution in [0.25, 0.3) is 0 Å². The van der Waals surface area contributed by atoms with Crippen LogP contribution < -0.4 is 4.90 Å². The predicted octanol–water partition coefficient (Wildman–Crippen LogP) is 1.93. The molecular formula is C11H16BrNO2. The van der Waals surface area contributed by atoms with Gasteiger partial charge in [0, 0.05) is 18.1 Å². The molecule has 0 saturated carbocycles. The number of nitrogens with zero attached hydrogens (tertiary/aromatic N) is 1. The van der Waals surface area contributed by atoms with Crippen molar-refractivity contribution in [3.8, 4) is 0 Å². The van der Waals surface area contributed by atoms with Crippen molar-refractivity contribution in [1.82, 2.24) is 0 Å². The van der Waals surface area contributed by atoms with Crippen molar-refractivity contribution in [2.45, 2.75) is 13.0 Å². The van der Waals surface area contributed by atoms with Crippen molar-refractivity contribution in [1.29, 1.82) is 0 Å². The lowest BCUT2D eigenvalue weighted by Crippen LogP contribution is -2.21. The molecule has 1 aromatic rings. The molecule has 0 radical (unpaired) electrons. The third-order valence-electron chi connectivity index (χ3n) is 2.30. The molecule has 15 heavy (non-hydrogen) atoms. The van der Waals surface area contributed by atoms with Crippen molar-refractivity contribution >= 4 is 21.6 Å². The summed E-state index contributed by atoms with van der Waals surface area (Å²) in [6.07, 6.45) is -0.460. The second-order valence-corrected chi connectivity index (χ2v) is 4.39. The summed E-state index contributed by atoms with van der Waals surface area (Å²) in [6, 6.07) is 5.72. The molecule has 1 unspecified atom stereocenters. The Balaban J connectivity index is 2.92. The summed E-state index contributed by atoms with van der Waals surface area (Å²) in [5, 5.41) is 18.2. The highest BCUT2D eigenvalue weighted by Crippen LogP contribution is 2.28. The third-order valence-corrected chi connectivity index (χ3v) is 2.94. The van der Waals surface area contributed by atoms with Crippen LogP contribution in [0.3, 0.4) is 0 Å². The highest BCUT2D eigenvalue weighted by molar-refractivity contribution is 9.10. The van der Waals surface area contributed by atoms with Gasteiger partial charge in [-0.05, 0) is 40.5 Å². The molecule has 84 valence electrons. The first kappa shape index (κ1) is 12.5. The van der Waals surface area contributed by atoms with Gasteiger partial charge >= 0.3 is 0 Å². The van der Waals surface area contributed by atoms with E-state index in [1.165, 1.54) is 0 Å². The molecule has 1 aromatic carbocycles. The highest BCUT2D eigenvalue weighted by atomic mass is 79.9. The summed E-state index contributed by atoms with van der Waals surface area (Å²) in [4.78, 5) is 1.95. The molecule has 0 spiro atoms. The van der Waals surface area contributed by atoms with Crippen LogP contribution in [0.1, 0.15) is 18.6 Å². The van der Waals surface area contributed by atoms with Gasteiger partial charge in [0.2, 0.25) is 0 Å². The van der Waals surface area contributed by atoms with E-state index in [0.717, 1.165) is 15.7 Å². The molecule has 0 bridgehead atoms. The minimum absolute atomic E-state index is 0.126. The maximum atomic E-state index is 9.41. The van der Waals surface area contributed by atoms with E-state index in [-0.39, 0.29) is 6.61 Å². The molecule has 0 fully saturated rings. The lowest BCUT2D eigenvalue weighted by atomic mass is 10.1. The standard InChI is InChI=1S/C11H16BrNO2/c1-8(15)9-3-4-11(10(12)7-9)13(2)5-6-14/h3-4,7-8,14-15H,5-6H2,1-2H3. The fourth-order valence-electron chi connectivity index (χ4n) is 1.36. The molecule has 0 saturated heterocycles. The summed E-state index contributed by atoms with van der Waals surface area (Å²) in [5.41, 5.74) is 1.89. The van der Waals surface area contributed by atoms with E-state index in [1.807, 2.05) is 30.1 Å². The van der Waals surface area contributed by atoms with Crippen LogP contribution in [0.4, 0.5) is 5.69 Å². The number of hydrogen-bond acceptors (Lipinski definition) is 3. The summed E-state index contributed by atoms with van der Waals surface area (Å²) >= 11 is 3.45. The molecule has 1 atom stereocenters. The van der Waals surface area contributed by atoms with Gasteiger partial charge in [-0.25, -0.2) is 0 Å². The number of benzene rings is 1.